The highest BCUT2D eigenvalue weighted by Gasteiger charge is 2.16. The number of alkyl halides is 1. The van der Waals surface area contributed by atoms with E-state index >= 15 is 0 Å². The number of thiophene rings is 1. The van der Waals surface area contributed by atoms with Gasteiger partial charge in [0.25, 0.3) is 5.56 Å². The number of nitrogens with one attached hydrogen (secondary N) is 1. The third-order valence-electron chi connectivity index (χ3n) is 2.90. The fourth-order valence-electron chi connectivity index (χ4n) is 1.92. The van der Waals surface area contributed by atoms with Crippen molar-refractivity contribution >= 4 is 33.2 Å². The van der Waals surface area contributed by atoms with Gasteiger partial charge in [-0.3, -0.25) is 4.79 Å². The summed E-state index contributed by atoms with van der Waals surface area (Å²) in [5.41, 5.74) is 0.597. The van der Waals surface area contributed by atoms with Gasteiger partial charge in [-0.1, -0.05) is 6.92 Å². The predicted octanol–water partition coefficient (Wildman–Crippen LogP) is 3.93. The van der Waals surface area contributed by atoms with Gasteiger partial charge in [0.05, 0.1) is 17.0 Å². The first-order valence-corrected chi connectivity index (χ1v) is 7.21. The fourth-order valence-corrected chi connectivity index (χ4v) is 2.96. The summed E-state index contributed by atoms with van der Waals surface area (Å²) in [5.74, 6) is 1.19. The summed E-state index contributed by atoms with van der Waals surface area (Å²) in [6.07, 6.45) is 2.30. The maximum absolute atomic E-state index is 12.2. The second kappa shape index (κ2) is 4.83. The van der Waals surface area contributed by atoms with Gasteiger partial charge >= 0.3 is 0 Å². The molecular formula is C13H11ClN2O2S. The number of hydrogen-bond donors (Lipinski definition) is 1. The average Bonchev–Trinajstić information content (AvgIpc) is 3.05. The van der Waals surface area contributed by atoms with Crippen LogP contribution < -0.4 is 5.56 Å². The number of furan rings is 1. The minimum atomic E-state index is -0.272. The molecule has 0 amide bonds. The van der Waals surface area contributed by atoms with Crippen molar-refractivity contribution in [3.63, 3.8) is 0 Å². The van der Waals surface area contributed by atoms with Crippen LogP contribution in [0.15, 0.2) is 33.0 Å². The lowest BCUT2D eigenvalue weighted by molar-refractivity contribution is 0.583. The molecule has 0 aromatic carbocycles. The van der Waals surface area contributed by atoms with Gasteiger partial charge < -0.3 is 9.40 Å². The van der Waals surface area contributed by atoms with Crippen LogP contribution in [0.3, 0.4) is 0 Å². The Morgan fingerprint density at radius 2 is 2.42 bits per heavy atom. The van der Waals surface area contributed by atoms with Crippen molar-refractivity contribution in [2.75, 3.05) is 0 Å². The Morgan fingerprint density at radius 1 is 1.58 bits per heavy atom. The zero-order valence-electron chi connectivity index (χ0n) is 10.1. The summed E-state index contributed by atoms with van der Waals surface area (Å²) in [7, 11) is 0. The van der Waals surface area contributed by atoms with Crippen LogP contribution in [0.4, 0.5) is 0 Å². The molecule has 0 aliphatic heterocycles. The maximum atomic E-state index is 12.2. The number of halogens is 1. The molecule has 3 heterocycles. The van der Waals surface area contributed by atoms with E-state index in [1.807, 2.05) is 18.4 Å². The molecule has 0 aliphatic carbocycles. The van der Waals surface area contributed by atoms with Crippen molar-refractivity contribution in [2.45, 2.75) is 18.7 Å². The first kappa shape index (κ1) is 12.4. The van der Waals surface area contributed by atoms with Gasteiger partial charge in [-0.15, -0.1) is 22.9 Å². The summed E-state index contributed by atoms with van der Waals surface area (Å²) in [6, 6.07) is 3.62. The zero-order chi connectivity index (χ0) is 13.4. The maximum Gasteiger partial charge on any atom is 0.260 e. The summed E-state index contributed by atoms with van der Waals surface area (Å²) in [6.45, 7) is 1.95. The molecule has 0 saturated carbocycles. The fraction of sp³-hybridized carbons (Fsp3) is 0.231. The highest BCUT2D eigenvalue weighted by molar-refractivity contribution is 7.17. The number of hydrogen-bond acceptors (Lipinski definition) is 4. The van der Waals surface area contributed by atoms with Gasteiger partial charge in [0.1, 0.15) is 16.4 Å². The summed E-state index contributed by atoms with van der Waals surface area (Å²) in [5, 5.41) is 2.17. The number of rotatable bonds is 3. The molecule has 0 bridgehead atoms. The quantitative estimate of drug-likeness (QED) is 0.744. The number of aromatic nitrogens is 2. The van der Waals surface area contributed by atoms with Crippen LogP contribution in [-0.4, -0.2) is 9.97 Å². The molecular weight excluding hydrogens is 284 g/mol. The van der Waals surface area contributed by atoms with E-state index in [0.717, 1.165) is 5.56 Å². The molecule has 3 aromatic rings. The standard InChI is InChI=1S/C13H11ClN2O2S/c1-2-8(14)11-15-12(17)10-7(6-19-13(10)16-11)9-4-3-5-18-9/h3-6,8H,2H2,1H3,(H,15,16,17). The topological polar surface area (TPSA) is 58.9 Å². The SMILES string of the molecule is CCC(Cl)c1nc2scc(-c3ccco3)c2c(=O)[nH]1. The normalized spacial score (nSPS) is 12.9. The third-order valence-corrected chi connectivity index (χ3v) is 4.29. The molecule has 6 heteroatoms. The molecule has 3 rings (SSSR count). The molecule has 4 nitrogen and oxygen atoms in total. The van der Waals surface area contributed by atoms with Gasteiger partial charge in [0.15, 0.2) is 0 Å². The van der Waals surface area contributed by atoms with Crippen molar-refractivity contribution in [1.82, 2.24) is 9.97 Å². The van der Waals surface area contributed by atoms with E-state index in [2.05, 4.69) is 9.97 Å². The largest absolute Gasteiger partial charge is 0.464 e. The van der Waals surface area contributed by atoms with E-state index in [9.17, 15) is 4.79 Å². The Kier molecular flexibility index (Phi) is 3.16. The number of fused-ring (bicyclic) bond motifs is 1. The second-order valence-electron chi connectivity index (χ2n) is 4.13. The predicted molar refractivity (Wildman–Crippen MR) is 76.8 cm³/mol. The van der Waals surface area contributed by atoms with Crippen LogP contribution in [0.1, 0.15) is 24.5 Å². The summed E-state index contributed by atoms with van der Waals surface area (Å²) >= 11 is 7.54. The lowest BCUT2D eigenvalue weighted by atomic mass is 10.2. The monoisotopic (exact) mass is 294 g/mol. The molecule has 0 aliphatic rings. The molecule has 3 aromatic heterocycles. The van der Waals surface area contributed by atoms with Crippen molar-refractivity contribution < 1.29 is 4.42 Å². The Morgan fingerprint density at radius 3 is 3.11 bits per heavy atom. The van der Waals surface area contributed by atoms with Gasteiger partial charge in [0.2, 0.25) is 0 Å². The summed E-state index contributed by atoms with van der Waals surface area (Å²) < 4.78 is 5.34. The smallest absolute Gasteiger partial charge is 0.260 e. The molecule has 0 saturated heterocycles. The van der Waals surface area contributed by atoms with E-state index in [4.69, 9.17) is 16.0 Å². The van der Waals surface area contributed by atoms with Crippen molar-refractivity contribution in [3.05, 3.63) is 40.0 Å². The van der Waals surface area contributed by atoms with Gasteiger partial charge in [0, 0.05) is 10.9 Å². The molecule has 19 heavy (non-hydrogen) atoms. The summed E-state index contributed by atoms with van der Waals surface area (Å²) in [4.78, 5) is 20.1. The van der Waals surface area contributed by atoms with Crippen molar-refractivity contribution in [2.24, 2.45) is 0 Å². The van der Waals surface area contributed by atoms with E-state index in [0.29, 0.717) is 28.2 Å². The lowest BCUT2D eigenvalue weighted by Crippen LogP contribution is -2.12. The van der Waals surface area contributed by atoms with E-state index < -0.39 is 0 Å². The number of H-pyrrole nitrogens is 1. The molecule has 0 spiro atoms. The lowest BCUT2D eigenvalue weighted by Gasteiger charge is -2.05. The molecule has 98 valence electrons. The number of aromatic amines is 1. The Bertz CT molecular complexity index is 761. The highest BCUT2D eigenvalue weighted by atomic mass is 35.5. The molecule has 1 N–H and O–H groups in total. The third kappa shape index (κ3) is 2.09. The zero-order valence-corrected chi connectivity index (χ0v) is 11.7. The van der Waals surface area contributed by atoms with Crippen molar-refractivity contribution in [3.8, 4) is 11.3 Å². The van der Waals surface area contributed by atoms with Gasteiger partial charge in [-0.05, 0) is 18.6 Å². The van der Waals surface area contributed by atoms with Gasteiger partial charge in [-0.25, -0.2) is 4.98 Å². The van der Waals surface area contributed by atoms with E-state index in [1.165, 1.54) is 11.3 Å². The Labute approximate surface area is 118 Å². The molecule has 1 atom stereocenters. The van der Waals surface area contributed by atoms with Crippen molar-refractivity contribution in [1.29, 1.82) is 0 Å². The minimum absolute atomic E-state index is 0.174. The minimum Gasteiger partial charge on any atom is -0.464 e. The van der Waals surface area contributed by atoms with Crippen LogP contribution in [0.2, 0.25) is 0 Å². The Balaban J connectivity index is 2.23. The Hall–Kier alpha value is -1.59. The van der Waals surface area contributed by atoms with E-state index in [-0.39, 0.29) is 10.9 Å². The average molecular weight is 295 g/mol. The molecule has 0 fully saturated rings. The molecule has 1 unspecified atom stereocenters. The van der Waals surface area contributed by atoms with Crippen LogP contribution in [0.25, 0.3) is 21.5 Å². The highest BCUT2D eigenvalue weighted by Crippen LogP contribution is 2.32. The van der Waals surface area contributed by atoms with Crippen LogP contribution in [0, 0.1) is 0 Å². The van der Waals surface area contributed by atoms with Crippen LogP contribution in [-0.2, 0) is 0 Å². The van der Waals surface area contributed by atoms with Crippen LogP contribution in [0.5, 0.6) is 0 Å². The number of nitrogens with zero attached hydrogens (tertiary/aromatic N) is 1. The second-order valence-corrected chi connectivity index (χ2v) is 5.52. The first-order valence-electron chi connectivity index (χ1n) is 5.90. The molecule has 0 radical (unpaired) electrons. The van der Waals surface area contributed by atoms with Crippen LogP contribution >= 0.6 is 22.9 Å². The first-order chi connectivity index (χ1) is 9.20. The van der Waals surface area contributed by atoms with E-state index in [1.54, 1.807) is 12.3 Å². The van der Waals surface area contributed by atoms with Gasteiger partial charge in [-0.2, -0.15) is 0 Å².